The number of urea groups is 1. The quantitative estimate of drug-likeness (QED) is 0.711. The number of ether oxygens (including phenoxy) is 2. The van der Waals surface area contributed by atoms with Crippen LogP contribution in [0.2, 0.25) is 0 Å². The smallest absolute Gasteiger partial charge is 0.420 e. The minimum atomic E-state index is -0.455. The Morgan fingerprint density at radius 3 is 2.52 bits per heavy atom. The lowest BCUT2D eigenvalue weighted by Crippen LogP contribution is -2.19. The van der Waals surface area contributed by atoms with Gasteiger partial charge in [0.15, 0.2) is 5.58 Å². The summed E-state index contributed by atoms with van der Waals surface area (Å²) in [6, 6.07) is 9.65. The molecule has 0 fully saturated rings. The third-order valence-corrected chi connectivity index (χ3v) is 4.04. The number of hydrogen-bond donors (Lipinski definition) is 2. The van der Waals surface area contributed by atoms with Crippen molar-refractivity contribution in [2.75, 3.05) is 24.9 Å². The topological polar surface area (TPSA) is 94.7 Å². The molecule has 3 rings (SSSR count). The molecule has 0 bridgehead atoms. The fraction of sp³-hybridized carbons (Fsp3) is 0.263. The zero-order valence-electron chi connectivity index (χ0n) is 15.5. The molecule has 3 aromatic rings. The number of fused-ring (bicyclic) bond motifs is 1. The molecular formula is C19H21N3O5. The first-order valence-corrected chi connectivity index (χ1v) is 8.38. The standard InChI is InChI=1S/C19H21N3O5/c1-11(2)22-15-8-5-12(9-17(15)27-19(22)24)20-18(23)21-14-7-6-13(25-3)10-16(14)26-4/h5-11H,1-4H3,(H2,20,21,23). The summed E-state index contributed by atoms with van der Waals surface area (Å²) in [5.41, 5.74) is 2.08. The summed E-state index contributed by atoms with van der Waals surface area (Å²) in [6.45, 7) is 3.80. The molecule has 2 amide bonds. The molecule has 1 heterocycles. The molecule has 1 aromatic heterocycles. The molecule has 27 heavy (non-hydrogen) atoms. The van der Waals surface area contributed by atoms with Crippen LogP contribution >= 0.6 is 0 Å². The Kier molecular flexibility index (Phi) is 5.07. The maximum absolute atomic E-state index is 12.3. The summed E-state index contributed by atoms with van der Waals surface area (Å²) >= 11 is 0. The molecule has 142 valence electrons. The van der Waals surface area contributed by atoms with Gasteiger partial charge in [-0.05, 0) is 38.1 Å². The highest BCUT2D eigenvalue weighted by molar-refractivity contribution is 6.01. The third-order valence-electron chi connectivity index (χ3n) is 4.04. The van der Waals surface area contributed by atoms with Gasteiger partial charge in [-0.2, -0.15) is 0 Å². The van der Waals surface area contributed by atoms with Crippen LogP contribution < -0.4 is 25.9 Å². The van der Waals surface area contributed by atoms with Crippen molar-refractivity contribution in [3.8, 4) is 11.5 Å². The molecule has 0 atom stereocenters. The summed E-state index contributed by atoms with van der Waals surface area (Å²) in [7, 11) is 3.06. The number of anilines is 2. The van der Waals surface area contributed by atoms with E-state index >= 15 is 0 Å². The summed E-state index contributed by atoms with van der Waals surface area (Å²) in [6.07, 6.45) is 0. The van der Waals surface area contributed by atoms with Crippen molar-refractivity contribution in [2.24, 2.45) is 0 Å². The van der Waals surface area contributed by atoms with Crippen LogP contribution in [-0.4, -0.2) is 24.8 Å². The molecule has 0 saturated carbocycles. The SMILES string of the molecule is COc1ccc(NC(=O)Nc2ccc3c(c2)oc(=O)n3C(C)C)c(OC)c1. The normalized spacial score (nSPS) is 10.9. The third kappa shape index (κ3) is 3.74. The summed E-state index contributed by atoms with van der Waals surface area (Å²) < 4.78 is 17.2. The molecule has 8 nitrogen and oxygen atoms in total. The van der Waals surface area contributed by atoms with E-state index in [-0.39, 0.29) is 6.04 Å². The molecule has 2 N–H and O–H groups in total. The molecule has 0 spiro atoms. The number of amides is 2. The van der Waals surface area contributed by atoms with Crippen molar-refractivity contribution in [3.05, 3.63) is 46.9 Å². The Balaban J connectivity index is 1.79. The number of aromatic nitrogens is 1. The van der Waals surface area contributed by atoms with Gasteiger partial charge in [0.2, 0.25) is 0 Å². The highest BCUT2D eigenvalue weighted by Gasteiger charge is 2.14. The number of carbonyl (C=O) groups is 1. The lowest BCUT2D eigenvalue weighted by atomic mass is 10.2. The van der Waals surface area contributed by atoms with E-state index in [1.54, 1.807) is 48.1 Å². The van der Waals surface area contributed by atoms with Gasteiger partial charge in [0.05, 0.1) is 25.4 Å². The highest BCUT2D eigenvalue weighted by atomic mass is 16.5. The van der Waals surface area contributed by atoms with Gasteiger partial charge in [-0.1, -0.05) is 0 Å². The Labute approximate surface area is 155 Å². The average Bonchev–Trinajstić information content (AvgIpc) is 2.97. The van der Waals surface area contributed by atoms with Gasteiger partial charge in [-0.3, -0.25) is 4.57 Å². The van der Waals surface area contributed by atoms with Crippen LogP contribution in [-0.2, 0) is 0 Å². The van der Waals surface area contributed by atoms with Crippen LogP contribution in [0, 0.1) is 0 Å². The first kappa shape index (κ1) is 18.4. The highest BCUT2D eigenvalue weighted by Crippen LogP contribution is 2.29. The van der Waals surface area contributed by atoms with E-state index in [1.807, 2.05) is 13.8 Å². The molecular weight excluding hydrogens is 350 g/mol. The van der Waals surface area contributed by atoms with Crippen LogP contribution in [0.1, 0.15) is 19.9 Å². The van der Waals surface area contributed by atoms with Crippen LogP contribution in [0.15, 0.2) is 45.6 Å². The Morgan fingerprint density at radius 2 is 1.85 bits per heavy atom. The number of rotatable bonds is 5. The molecule has 0 aliphatic heterocycles. The lowest BCUT2D eigenvalue weighted by molar-refractivity contribution is 0.262. The van der Waals surface area contributed by atoms with E-state index in [0.717, 1.165) is 0 Å². The zero-order valence-corrected chi connectivity index (χ0v) is 15.5. The van der Waals surface area contributed by atoms with E-state index in [4.69, 9.17) is 13.9 Å². The Morgan fingerprint density at radius 1 is 1.07 bits per heavy atom. The number of hydrogen-bond acceptors (Lipinski definition) is 5. The second kappa shape index (κ2) is 7.45. The summed E-state index contributed by atoms with van der Waals surface area (Å²) in [5.74, 6) is 0.664. The van der Waals surface area contributed by atoms with Gasteiger partial charge in [-0.25, -0.2) is 9.59 Å². The summed E-state index contributed by atoms with van der Waals surface area (Å²) in [5, 5.41) is 5.43. The molecule has 0 unspecified atom stereocenters. The van der Waals surface area contributed by atoms with E-state index < -0.39 is 11.8 Å². The fourth-order valence-corrected chi connectivity index (χ4v) is 2.79. The van der Waals surface area contributed by atoms with Crippen LogP contribution in [0.5, 0.6) is 11.5 Å². The van der Waals surface area contributed by atoms with Gasteiger partial charge in [0.1, 0.15) is 11.5 Å². The van der Waals surface area contributed by atoms with Gasteiger partial charge >= 0.3 is 11.8 Å². The predicted molar refractivity (Wildman–Crippen MR) is 103 cm³/mol. The number of methoxy groups -OCH3 is 2. The number of carbonyl (C=O) groups excluding carboxylic acids is 1. The molecule has 0 saturated heterocycles. The van der Waals surface area contributed by atoms with Gasteiger partial charge in [0.25, 0.3) is 0 Å². The molecule has 0 aliphatic carbocycles. The largest absolute Gasteiger partial charge is 0.497 e. The maximum Gasteiger partial charge on any atom is 0.420 e. The number of nitrogens with one attached hydrogen (secondary N) is 2. The second-order valence-corrected chi connectivity index (χ2v) is 6.16. The average molecular weight is 371 g/mol. The minimum Gasteiger partial charge on any atom is -0.497 e. The number of benzene rings is 2. The molecule has 0 aliphatic rings. The van der Waals surface area contributed by atoms with Crippen LogP contribution in [0.4, 0.5) is 16.2 Å². The lowest BCUT2D eigenvalue weighted by Gasteiger charge is -2.12. The van der Waals surface area contributed by atoms with E-state index in [2.05, 4.69) is 10.6 Å². The van der Waals surface area contributed by atoms with Gasteiger partial charge in [-0.15, -0.1) is 0 Å². The summed E-state index contributed by atoms with van der Waals surface area (Å²) in [4.78, 5) is 24.3. The van der Waals surface area contributed by atoms with Crippen molar-refractivity contribution in [1.82, 2.24) is 4.57 Å². The molecule has 8 heteroatoms. The first-order valence-electron chi connectivity index (χ1n) is 8.38. The minimum absolute atomic E-state index is 0.0246. The first-order chi connectivity index (χ1) is 12.9. The zero-order chi connectivity index (χ0) is 19.6. The van der Waals surface area contributed by atoms with Crippen LogP contribution in [0.25, 0.3) is 11.1 Å². The predicted octanol–water partition coefficient (Wildman–Crippen LogP) is 3.84. The van der Waals surface area contributed by atoms with Crippen LogP contribution in [0.3, 0.4) is 0 Å². The van der Waals surface area contributed by atoms with Gasteiger partial charge < -0.3 is 24.5 Å². The van der Waals surface area contributed by atoms with E-state index in [9.17, 15) is 9.59 Å². The number of nitrogens with zero attached hydrogens (tertiary/aromatic N) is 1. The fourth-order valence-electron chi connectivity index (χ4n) is 2.79. The second-order valence-electron chi connectivity index (χ2n) is 6.16. The maximum atomic E-state index is 12.3. The Bertz CT molecular complexity index is 1040. The monoisotopic (exact) mass is 371 g/mol. The van der Waals surface area contributed by atoms with E-state index in [0.29, 0.717) is 34.0 Å². The van der Waals surface area contributed by atoms with Crippen molar-refractivity contribution < 1.29 is 18.7 Å². The van der Waals surface area contributed by atoms with Crippen molar-refractivity contribution in [1.29, 1.82) is 0 Å². The van der Waals surface area contributed by atoms with Crippen molar-refractivity contribution in [3.63, 3.8) is 0 Å². The van der Waals surface area contributed by atoms with Gasteiger partial charge in [0, 0.05) is 23.9 Å². The molecule has 0 radical (unpaired) electrons. The Hall–Kier alpha value is -3.42. The van der Waals surface area contributed by atoms with Crippen molar-refractivity contribution in [2.45, 2.75) is 19.9 Å². The van der Waals surface area contributed by atoms with E-state index in [1.165, 1.54) is 7.11 Å². The number of oxazole rings is 1. The molecule has 2 aromatic carbocycles. The van der Waals surface area contributed by atoms with Crippen molar-refractivity contribution >= 4 is 28.5 Å².